The first-order valence-electron chi connectivity index (χ1n) is 7.92. The summed E-state index contributed by atoms with van der Waals surface area (Å²) < 4.78 is 16.8. The molecule has 1 aliphatic rings. The maximum atomic E-state index is 11.9. The Kier molecular flexibility index (Phi) is 3.82. The molecule has 0 radical (unpaired) electrons. The van der Waals surface area contributed by atoms with Gasteiger partial charge < -0.3 is 13.6 Å². The van der Waals surface area contributed by atoms with Gasteiger partial charge >= 0.3 is 5.63 Å². The third-order valence-electron chi connectivity index (χ3n) is 4.35. The third-order valence-corrected chi connectivity index (χ3v) is 4.63. The largest absolute Gasteiger partial charge is 0.463 e. The molecule has 0 spiro atoms. The minimum Gasteiger partial charge on any atom is -0.463 e. The van der Waals surface area contributed by atoms with Gasteiger partial charge in [0.25, 0.3) is 0 Å². The standard InChI is InChI=1S/C18H16ClNO4/c1-2-11-6-16(21)24-17-13(11)7-15(19)18-14(17)9-20(10-23-18)8-12-4-3-5-22-12/h3-7H,2,8-10H2,1H3/p+1. The molecule has 5 nitrogen and oxygen atoms in total. The Hall–Kier alpha value is -2.24. The number of nitrogens with one attached hydrogen (secondary N) is 1. The van der Waals surface area contributed by atoms with E-state index in [9.17, 15) is 4.79 Å². The predicted molar refractivity (Wildman–Crippen MR) is 89.4 cm³/mol. The van der Waals surface area contributed by atoms with E-state index in [4.69, 9.17) is 25.2 Å². The Morgan fingerprint density at radius 3 is 2.96 bits per heavy atom. The van der Waals surface area contributed by atoms with Gasteiger partial charge in [0.05, 0.1) is 16.8 Å². The van der Waals surface area contributed by atoms with Crippen LogP contribution in [0, 0.1) is 0 Å². The number of hydrogen-bond donors (Lipinski definition) is 1. The smallest absolute Gasteiger partial charge is 0.336 e. The molecule has 0 fully saturated rings. The summed E-state index contributed by atoms with van der Waals surface area (Å²) in [4.78, 5) is 13.1. The molecule has 0 amide bonds. The SMILES string of the molecule is CCc1cc(=O)oc2c3c(c(Cl)cc12)OC[NH+](Cc1ccco1)C3. The Morgan fingerprint density at radius 2 is 2.21 bits per heavy atom. The van der Waals surface area contributed by atoms with Gasteiger partial charge in [-0.2, -0.15) is 0 Å². The molecule has 0 aliphatic carbocycles. The third kappa shape index (κ3) is 2.60. The summed E-state index contributed by atoms with van der Waals surface area (Å²) in [6.45, 7) is 3.84. The van der Waals surface area contributed by atoms with E-state index in [1.165, 1.54) is 6.07 Å². The van der Waals surface area contributed by atoms with E-state index in [1.807, 2.05) is 25.1 Å². The van der Waals surface area contributed by atoms with E-state index >= 15 is 0 Å². The zero-order valence-corrected chi connectivity index (χ0v) is 14.0. The molecule has 4 rings (SSSR count). The number of aryl methyl sites for hydroxylation is 1. The van der Waals surface area contributed by atoms with Crippen LogP contribution < -0.4 is 15.3 Å². The lowest BCUT2D eigenvalue weighted by Crippen LogP contribution is -3.10. The van der Waals surface area contributed by atoms with Gasteiger partial charge in [-0.3, -0.25) is 4.90 Å². The first kappa shape index (κ1) is 15.3. The average molecular weight is 347 g/mol. The second-order valence-electron chi connectivity index (χ2n) is 5.96. The van der Waals surface area contributed by atoms with E-state index in [0.29, 0.717) is 36.2 Å². The molecule has 0 saturated heterocycles. The lowest BCUT2D eigenvalue weighted by atomic mass is 10.0. The monoisotopic (exact) mass is 346 g/mol. The average Bonchev–Trinajstić information content (AvgIpc) is 3.08. The number of rotatable bonds is 3. The zero-order chi connectivity index (χ0) is 16.7. The van der Waals surface area contributed by atoms with E-state index in [1.54, 1.807) is 6.26 Å². The second kappa shape index (κ2) is 6.00. The number of furan rings is 1. The predicted octanol–water partition coefficient (Wildman–Crippen LogP) is 2.54. The maximum absolute atomic E-state index is 11.9. The molecule has 1 N–H and O–H groups in total. The molecule has 3 aromatic rings. The van der Waals surface area contributed by atoms with Crippen LogP contribution in [-0.4, -0.2) is 6.73 Å². The van der Waals surface area contributed by atoms with E-state index in [2.05, 4.69) is 0 Å². The molecule has 3 heterocycles. The summed E-state index contributed by atoms with van der Waals surface area (Å²) in [5.41, 5.74) is 2.01. The van der Waals surface area contributed by atoms with Crippen LogP contribution in [0.15, 0.2) is 44.2 Å². The van der Waals surface area contributed by atoms with Crippen molar-refractivity contribution < 1.29 is 18.5 Å². The van der Waals surface area contributed by atoms with E-state index in [-0.39, 0.29) is 5.63 Å². The summed E-state index contributed by atoms with van der Waals surface area (Å²) in [5, 5.41) is 1.43. The van der Waals surface area contributed by atoms with Crippen molar-refractivity contribution in [3.63, 3.8) is 0 Å². The zero-order valence-electron chi connectivity index (χ0n) is 13.2. The van der Waals surface area contributed by atoms with Gasteiger partial charge in [-0.15, -0.1) is 0 Å². The number of ether oxygens (including phenoxy) is 1. The van der Waals surface area contributed by atoms with Crippen molar-refractivity contribution in [2.75, 3.05) is 6.73 Å². The van der Waals surface area contributed by atoms with Crippen molar-refractivity contribution >= 4 is 22.6 Å². The Bertz CT molecular complexity index is 946. The van der Waals surface area contributed by atoms with E-state index in [0.717, 1.165) is 33.6 Å². The molecule has 24 heavy (non-hydrogen) atoms. The number of quaternary nitrogens is 1. The molecule has 1 aromatic carbocycles. The highest BCUT2D eigenvalue weighted by atomic mass is 35.5. The van der Waals surface area contributed by atoms with Crippen LogP contribution >= 0.6 is 11.6 Å². The highest BCUT2D eigenvalue weighted by Crippen LogP contribution is 2.37. The summed E-state index contributed by atoms with van der Waals surface area (Å²) in [7, 11) is 0. The van der Waals surface area contributed by atoms with Crippen LogP contribution in [0.4, 0.5) is 0 Å². The molecule has 6 heteroatoms. The molecule has 1 unspecified atom stereocenters. The fourth-order valence-electron chi connectivity index (χ4n) is 3.23. The summed E-state index contributed by atoms with van der Waals surface area (Å²) >= 11 is 6.41. The molecular weight excluding hydrogens is 330 g/mol. The molecule has 124 valence electrons. The van der Waals surface area contributed by atoms with Gasteiger partial charge in [0.2, 0.25) is 6.73 Å². The maximum Gasteiger partial charge on any atom is 0.336 e. The Labute approximate surface area is 143 Å². The van der Waals surface area contributed by atoms with Crippen molar-refractivity contribution in [2.24, 2.45) is 0 Å². The van der Waals surface area contributed by atoms with Crippen molar-refractivity contribution in [1.82, 2.24) is 0 Å². The normalized spacial score (nSPS) is 16.8. The van der Waals surface area contributed by atoms with Crippen molar-refractivity contribution in [1.29, 1.82) is 0 Å². The first-order valence-corrected chi connectivity index (χ1v) is 8.30. The highest BCUT2D eigenvalue weighted by molar-refractivity contribution is 6.33. The molecule has 0 bridgehead atoms. The molecule has 0 saturated carbocycles. The quantitative estimate of drug-likeness (QED) is 0.740. The van der Waals surface area contributed by atoms with E-state index < -0.39 is 0 Å². The van der Waals surface area contributed by atoms with Crippen molar-refractivity contribution in [3.8, 4) is 5.75 Å². The molecule has 1 aliphatic heterocycles. The topological polar surface area (TPSA) is 57.0 Å². The van der Waals surface area contributed by atoms with Crippen molar-refractivity contribution in [3.05, 3.63) is 62.9 Å². The van der Waals surface area contributed by atoms with Crippen LogP contribution in [0.3, 0.4) is 0 Å². The number of benzene rings is 1. The first-order chi connectivity index (χ1) is 11.7. The molecular formula is C18H17ClNO4+. The highest BCUT2D eigenvalue weighted by Gasteiger charge is 2.28. The minimum absolute atomic E-state index is 0.345. The summed E-state index contributed by atoms with van der Waals surface area (Å²) in [6.07, 6.45) is 2.40. The van der Waals surface area contributed by atoms with Gasteiger partial charge in [0, 0.05) is 11.5 Å². The van der Waals surface area contributed by atoms with Crippen LogP contribution in [0.25, 0.3) is 11.0 Å². The Balaban J connectivity index is 1.81. The van der Waals surface area contributed by atoms with Gasteiger partial charge in [0.1, 0.15) is 13.1 Å². The lowest BCUT2D eigenvalue weighted by Gasteiger charge is -2.26. The fraction of sp³-hybridized carbons (Fsp3) is 0.278. The van der Waals surface area contributed by atoms with Gasteiger partial charge in [-0.1, -0.05) is 18.5 Å². The van der Waals surface area contributed by atoms with Crippen LogP contribution in [0.1, 0.15) is 23.8 Å². The van der Waals surface area contributed by atoms with Crippen LogP contribution in [-0.2, 0) is 19.5 Å². The Morgan fingerprint density at radius 1 is 1.33 bits per heavy atom. The van der Waals surface area contributed by atoms with Gasteiger partial charge in [-0.05, 0) is 30.2 Å². The number of fused-ring (bicyclic) bond motifs is 3. The summed E-state index contributed by atoms with van der Waals surface area (Å²) in [6, 6.07) is 7.16. The number of halogens is 1. The number of hydrogen-bond acceptors (Lipinski definition) is 4. The van der Waals surface area contributed by atoms with Gasteiger partial charge in [-0.25, -0.2) is 4.79 Å². The lowest BCUT2D eigenvalue weighted by molar-refractivity contribution is -0.946. The minimum atomic E-state index is -0.345. The molecule has 1 atom stereocenters. The van der Waals surface area contributed by atoms with Crippen LogP contribution in [0.2, 0.25) is 5.02 Å². The van der Waals surface area contributed by atoms with Gasteiger partial charge in [0.15, 0.2) is 17.1 Å². The molecule has 2 aromatic heterocycles. The summed E-state index contributed by atoms with van der Waals surface area (Å²) in [5.74, 6) is 1.50. The fourth-order valence-corrected chi connectivity index (χ4v) is 3.51. The van der Waals surface area contributed by atoms with Crippen molar-refractivity contribution in [2.45, 2.75) is 26.4 Å². The second-order valence-corrected chi connectivity index (χ2v) is 6.37. The van der Waals surface area contributed by atoms with Crippen LogP contribution in [0.5, 0.6) is 5.75 Å².